The van der Waals surface area contributed by atoms with E-state index in [1.165, 1.54) is 0 Å². The molecule has 0 amide bonds. The summed E-state index contributed by atoms with van der Waals surface area (Å²) in [6.07, 6.45) is 0.520. The summed E-state index contributed by atoms with van der Waals surface area (Å²) in [5.41, 5.74) is -0.0182. The quantitative estimate of drug-likeness (QED) is 0.545. The lowest BCUT2D eigenvalue weighted by molar-refractivity contribution is -0.138. The molecule has 0 bridgehead atoms. The molecule has 1 rings (SSSR count). The van der Waals surface area contributed by atoms with E-state index in [0.717, 1.165) is 0 Å². The molecule has 0 saturated carbocycles. The van der Waals surface area contributed by atoms with E-state index >= 15 is 0 Å². The zero-order valence-electron chi connectivity index (χ0n) is 8.00. The molecule has 1 N–H and O–H groups in total. The van der Waals surface area contributed by atoms with Crippen LogP contribution in [0.2, 0.25) is 0 Å². The van der Waals surface area contributed by atoms with Crippen molar-refractivity contribution in [1.82, 2.24) is 0 Å². The number of esters is 1. The standard InChI is InChI=1S/C10H12O4/c1-3-14-10(13)6(2)9-7(11)4-5-8(9)12/h11H,2-5H2,1H3. The number of allylic oxidation sites excluding steroid dienone is 1. The van der Waals surface area contributed by atoms with Gasteiger partial charge in [-0.2, -0.15) is 0 Å². The van der Waals surface area contributed by atoms with Crippen molar-refractivity contribution < 1.29 is 19.4 Å². The third-order valence-corrected chi connectivity index (χ3v) is 1.98. The molecule has 0 saturated heterocycles. The van der Waals surface area contributed by atoms with Gasteiger partial charge in [0, 0.05) is 12.8 Å². The summed E-state index contributed by atoms with van der Waals surface area (Å²) in [6, 6.07) is 0. The average Bonchev–Trinajstić information content (AvgIpc) is 2.46. The van der Waals surface area contributed by atoms with Gasteiger partial charge in [-0.25, -0.2) is 4.79 Å². The molecule has 0 atom stereocenters. The summed E-state index contributed by atoms with van der Waals surface area (Å²) in [5.74, 6) is -0.960. The molecule has 76 valence electrons. The third kappa shape index (κ3) is 1.84. The van der Waals surface area contributed by atoms with Crippen LogP contribution in [0.5, 0.6) is 0 Å². The SMILES string of the molecule is C=C(C(=O)OCC)C1=C(O)CCC1=O. The van der Waals surface area contributed by atoms with Crippen LogP contribution in [0.4, 0.5) is 0 Å². The lowest BCUT2D eigenvalue weighted by atomic mass is 10.1. The Hall–Kier alpha value is -1.58. The van der Waals surface area contributed by atoms with Crippen LogP contribution in [-0.2, 0) is 14.3 Å². The van der Waals surface area contributed by atoms with E-state index in [2.05, 4.69) is 11.3 Å². The zero-order valence-corrected chi connectivity index (χ0v) is 8.00. The minimum atomic E-state index is -0.649. The number of ether oxygens (including phenoxy) is 1. The van der Waals surface area contributed by atoms with Crippen molar-refractivity contribution in [3.8, 4) is 0 Å². The predicted molar refractivity (Wildman–Crippen MR) is 49.7 cm³/mol. The Balaban J connectivity index is 2.84. The molecule has 0 radical (unpaired) electrons. The van der Waals surface area contributed by atoms with Gasteiger partial charge in [-0.15, -0.1) is 0 Å². The smallest absolute Gasteiger partial charge is 0.338 e. The topological polar surface area (TPSA) is 63.6 Å². The van der Waals surface area contributed by atoms with Crippen LogP contribution in [0, 0.1) is 0 Å². The van der Waals surface area contributed by atoms with Crippen molar-refractivity contribution in [2.75, 3.05) is 6.61 Å². The summed E-state index contributed by atoms with van der Waals surface area (Å²) >= 11 is 0. The molecule has 0 heterocycles. The molecule has 0 aromatic rings. The van der Waals surface area contributed by atoms with Gasteiger partial charge < -0.3 is 9.84 Å². The second kappa shape index (κ2) is 4.09. The van der Waals surface area contributed by atoms with Gasteiger partial charge >= 0.3 is 5.97 Å². The summed E-state index contributed by atoms with van der Waals surface area (Å²) in [6.45, 7) is 5.33. The predicted octanol–water partition coefficient (Wildman–Crippen LogP) is 1.28. The van der Waals surface area contributed by atoms with Gasteiger partial charge in [-0.1, -0.05) is 6.58 Å². The molecule has 1 aliphatic carbocycles. The van der Waals surface area contributed by atoms with E-state index in [1.807, 2.05) is 0 Å². The maximum atomic E-state index is 11.2. The van der Waals surface area contributed by atoms with Gasteiger partial charge in [0.25, 0.3) is 0 Å². The molecule has 1 aliphatic rings. The summed E-state index contributed by atoms with van der Waals surface area (Å²) < 4.78 is 4.68. The number of hydrogen-bond donors (Lipinski definition) is 1. The molecular weight excluding hydrogens is 184 g/mol. The first-order chi connectivity index (χ1) is 6.57. The molecule has 0 fully saturated rings. The summed E-state index contributed by atoms with van der Waals surface area (Å²) in [7, 11) is 0. The number of carbonyl (C=O) groups excluding carboxylic acids is 2. The number of aliphatic hydroxyl groups excluding tert-OH is 1. The molecule has 0 spiro atoms. The van der Waals surface area contributed by atoms with Gasteiger partial charge in [-0.3, -0.25) is 4.79 Å². The van der Waals surface area contributed by atoms with Crippen molar-refractivity contribution in [3.63, 3.8) is 0 Å². The molecule has 0 unspecified atom stereocenters. The molecule has 0 aromatic heterocycles. The van der Waals surface area contributed by atoms with Crippen LogP contribution >= 0.6 is 0 Å². The van der Waals surface area contributed by atoms with Crippen molar-refractivity contribution >= 4 is 11.8 Å². The van der Waals surface area contributed by atoms with Crippen molar-refractivity contribution in [1.29, 1.82) is 0 Å². The van der Waals surface area contributed by atoms with Crippen LogP contribution in [-0.4, -0.2) is 23.5 Å². The maximum absolute atomic E-state index is 11.2. The van der Waals surface area contributed by atoms with Gasteiger partial charge in [-0.05, 0) is 6.92 Å². The Morgan fingerprint density at radius 2 is 2.21 bits per heavy atom. The summed E-state index contributed by atoms with van der Waals surface area (Å²) in [4.78, 5) is 22.5. The second-order valence-electron chi connectivity index (χ2n) is 2.94. The van der Waals surface area contributed by atoms with Crippen LogP contribution in [0.1, 0.15) is 19.8 Å². The Morgan fingerprint density at radius 1 is 1.57 bits per heavy atom. The molecule has 14 heavy (non-hydrogen) atoms. The average molecular weight is 196 g/mol. The van der Waals surface area contributed by atoms with Gasteiger partial charge in [0.15, 0.2) is 5.78 Å². The summed E-state index contributed by atoms with van der Waals surface area (Å²) in [5, 5.41) is 9.34. The van der Waals surface area contributed by atoms with Crippen LogP contribution in [0.25, 0.3) is 0 Å². The Labute approximate surface area is 81.9 Å². The fourth-order valence-electron chi connectivity index (χ4n) is 1.31. The molecular formula is C10H12O4. The second-order valence-corrected chi connectivity index (χ2v) is 2.94. The molecule has 4 heteroatoms. The van der Waals surface area contributed by atoms with Crippen LogP contribution < -0.4 is 0 Å². The van der Waals surface area contributed by atoms with Gasteiger partial charge in [0.2, 0.25) is 0 Å². The van der Waals surface area contributed by atoms with E-state index in [1.54, 1.807) is 6.92 Å². The maximum Gasteiger partial charge on any atom is 0.338 e. The first kappa shape index (κ1) is 10.5. The fourth-order valence-corrected chi connectivity index (χ4v) is 1.31. The number of carbonyl (C=O) groups is 2. The normalized spacial score (nSPS) is 15.9. The molecule has 0 aromatic carbocycles. The van der Waals surface area contributed by atoms with Crippen molar-refractivity contribution in [3.05, 3.63) is 23.5 Å². The highest BCUT2D eigenvalue weighted by Crippen LogP contribution is 2.26. The van der Waals surface area contributed by atoms with Gasteiger partial charge in [0.05, 0.1) is 17.8 Å². The Kier molecular flexibility index (Phi) is 3.06. The number of Topliss-reactive ketones (excluding diaryl/α,β-unsaturated/α-hetero) is 1. The molecule has 0 aliphatic heterocycles. The third-order valence-electron chi connectivity index (χ3n) is 1.98. The number of hydrogen-bond acceptors (Lipinski definition) is 4. The van der Waals surface area contributed by atoms with E-state index in [0.29, 0.717) is 0 Å². The zero-order chi connectivity index (χ0) is 10.7. The number of aliphatic hydroxyl groups is 1. The van der Waals surface area contributed by atoms with Crippen molar-refractivity contribution in [2.24, 2.45) is 0 Å². The van der Waals surface area contributed by atoms with Crippen LogP contribution in [0.3, 0.4) is 0 Å². The highest BCUT2D eigenvalue weighted by molar-refractivity contribution is 6.11. The van der Waals surface area contributed by atoms with E-state index in [9.17, 15) is 14.7 Å². The first-order valence-electron chi connectivity index (χ1n) is 4.39. The highest BCUT2D eigenvalue weighted by Gasteiger charge is 2.28. The van der Waals surface area contributed by atoms with Gasteiger partial charge in [0.1, 0.15) is 5.76 Å². The van der Waals surface area contributed by atoms with E-state index in [-0.39, 0.29) is 42.1 Å². The number of rotatable bonds is 3. The van der Waals surface area contributed by atoms with E-state index in [4.69, 9.17) is 0 Å². The van der Waals surface area contributed by atoms with Crippen molar-refractivity contribution in [2.45, 2.75) is 19.8 Å². The largest absolute Gasteiger partial charge is 0.512 e. The monoisotopic (exact) mass is 196 g/mol. The molecule has 4 nitrogen and oxygen atoms in total. The Morgan fingerprint density at radius 3 is 2.64 bits per heavy atom. The minimum absolute atomic E-state index is 0.0310. The number of ketones is 1. The minimum Gasteiger partial charge on any atom is -0.512 e. The lowest BCUT2D eigenvalue weighted by Gasteiger charge is -2.05. The van der Waals surface area contributed by atoms with Crippen LogP contribution in [0.15, 0.2) is 23.5 Å². The first-order valence-corrected chi connectivity index (χ1v) is 4.39. The lowest BCUT2D eigenvalue weighted by Crippen LogP contribution is -2.12. The van der Waals surface area contributed by atoms with E-state index < -0.39 is 5.97 Å². The fraction of sp³-hybridized carbons (Fsp3) is 0.400. The Bertz CT molecular complexity index is 325. The highest BCUT2D eigenvalue weighted by atomic mass is 16.5.